The fourth-order valence-electron chi connectivity index (χ4n) is 6.07. The molecule has 2 fully saturated rings. The Labute approximate surface area is 190 Å². The van der Waals surface area contributed by atoms with Gasteiger partial charge in [-0.1, -0.05) is 31.4 Å². The number of benzene rings is 1. The van der Waals surface area contributed by atoms with Gasteiger partial charge in [-0.05, 0) is 30.9 Å². The molecule has 1 saturated heterocycles. The van der Waals surface area contributed by atoms with E-state index in [1.54, 1.807) is 17.0 Å². The maximum absolute atomic E-state index is 13.0. The number of amides is 1. The molecule has 2 unspecified atom stereocenters. The van der Waals surface area contributed by atoms with Crippen LogP contribution in [0, 0.1) is 0 Å². The van der Waals surface area contributed by atoms with Crippen molar-refractivity contribution in [1.29, 1.82) is 0 Å². The molecule has 33 heavy (non-hydrogen) atoms. The van der Waals surface area contributed by atoms with E-state index in [1.165, 1.54) is 12.2 Å². The van der Waals surface area contributed by atoms with Gasteiger partial charge in [0.1, 0.15) is 13.2 Å². The smallest absolute Gasteiger partial charge is 0.477 e. The van der Waals surface area contributed by atoms with E-state index in [1.807, 2.05) is 0 Å². The molecule has 9 nitrogen and oxygen atoms in total. The molecule has 4 aliphatic rings. The lowest BCUT2D eigenvalue weighted by Gasteiger charge is -2.61. The van der Waals surface area contributed by atoms with E-state index in [2.05, 4.69) is 13.2 Å². The Morgan fingerprint density at radius 2 is 1.97 bits per heavy atom. The summed E-state index contributed by atoms with van der Waals surface area (Å²) in [6.45, 7) is 7.42. The molecule has 2 bridgehead atoms. The minimum absolute atomic E-state index is 0.00969. The van der Waals surface area contributed by atoms with Gasteiger partial charge in [-0.15, -0.1) is 0 Å². The predicted octanol–water partition coefficient (Wildman–Crippen LogP) is 2.43. The number of ether oxygens (including phenoxy) is 4. The van der Waals surface area contributed by atoms with Gasteiger partial charge in [0.15, 0.2) is 23.4 Å². The first-order valence-electron chi connectivity index (χ1n) is 10.9. The third-order valence-electron chi connectivity index (χ3n) is 7.31. The monoisotopic (exact) mass is 455 g/mol. The Morgan fingerprint density at radius 3 is 2.73 bits per heavy atom. The van der Waals surface area contributed by atoms with Gasteiger partial charge in [-0.2, -0.15) is 0 Å². The number of ketones is 1. The van der Waals surface area contributed by atoms with Crippen molar-refractivity contribution >= 4 is 18.0 Å². The predicted molar refractivity (Wildman–Crippen MR) is 114 cm³/mol. The standard InChI is InChI=1S/C24H25NO8/c1-3-11-30-21(27)25-10-9-23-18-14-5-6-16(32-22(28)31-12-4-2)19(18)33-20(23)15(26)7-8-24(23,29)17(25)13-14/h3-6,17,20,29H,1-2,7-13H2/t17-,20+,23?,24?/m1/s1. The normalized spacial score (nSPS) is 30.6. The van der Waals surface area contributed by atoms with Gasteiger partial charge < -0.3 is 29.0 Å². The lowest BCUT2D eigenvalue weighted by molar-refractivity contribution is -0.183. The van der Waals surface area contributed by atoms with Crippen molar-refractivity contribution in [3.05, 3.63) is 48.6 Å². The zero-order chi connectivity index (χ0) is 23.4. The number of piperidine rings is 1. The van der Waals surface area contributed by atoms with Gasteiger partial charge in [-0.3, -0.25) is 4.79 Å². The van der Waals surface area contributed by atoms with E-state index in [0.717, 1.165) is 5.56 Å². The number of rotatable bonds is 5. The molecule has 1 aromatic rings. The molecule has 1 N–H and O–H groups in total. The van der Waals surface area contributed by atoms with Crippen molar-refractivity contribution in [2.75, 3.05) is 19.8 Å². The molecule has 174 valence electrons. The molecule has 2 aliphatic heterocycles. The van der Waals surface area contributed by atoms with E-state index in [9.17, 15) is 19.5 Å². The first kappa shape index (κ1) is 21.5. The average Bonchev–Trinajstić information content (AvgIpc) is 3.15. The number of carbonyl (C=O) groups is 3. The van der Waals surface area contributed by atoms with Crippen LogP contribution in [0.1, 0.15) is 30.4 Å². The lowest BCUT2D eigenvalue weighted by atomic mass is 9.49. The van der Waals surface area contributed by atoms with E-state index < -0.39 is 35.4 Å². The summed E-state index contributed by atoms with van der Waals surface area (Å²) in [6.07, 6.45) is 1.53. The fourth-order valence-corrected chi connectivity index (χ4v) is 6.07. The molecule has 2 aliphatic carbocycles. The Hall–Kier alpha value is -3.33. The number of likely N-dealkylation sites (tertiary alicyclic amines) is 1. The summed E-state index contributed by atoms with van der Waals surface area (Å²) in [6, 6.07) is 2.79. The quantitative estimate of drug-likeness (QED) is 0.409. The number of aliphatic hydroxyl groups is 1. The third-order valence-corrected chi connectivity index (χ3v) is 7.31. The largest absolute Gasteiger partial charge is 0.514 e. The van der Waals surface area contributed by atoms with E-state index >= 15 is 0 Å². The summed E-state index contributed by atoms with van der Waals surface area (Å²) in [5.41, 5.74) is -0.899. The summed E-state index contributed by atoms with van der Waals surface area (Å²) in [4.78, 5) is 39.4. The van der Waals surface area contributed by atoms with Crippen LogP contribution in [0.25, 0.3) is 0 Å². The Bertz CT molecular complexity index is 1070. The van der Waals surface area contributed by atoms with Crippen LogP contribution in [-0.4, -0.2) is 65.5 Å². The number of nitrogens with zero attached hydrogens (tertiary/aromatic N) is 1. The zero-order valence-electron chi connectivity index (χ0n) is 18.1. The Morgan fingerprint density at radius 1 is 1.21 bits per heavy atom. The van der Waals surface area contributed by atoms with Crippen molar-refractivity contribution in [3.63, 3.8) is 0 Å². The summed E-state index contributed by atoms with van der Waals surface area (Å²) in [5.74, 6) is 0.293. The van der Waals surface area contributed by atoms with Gasteiger partial charge in [-0.25, -0.2) is 9.59 Å². The van der Waals surface area contributed by atoms with Gasteiger partial charge >= 0.3 is 12.2 Å². The minimum Gasteiger partial charge on any atom is -0.477 e. The van der Waals surface area contributed by atoms with E-state index in [-0.39, 0.29) is 43.3 Å². The molecule has 9 heteroatoms. The molecule has 2 heterocycles. The summed E-state index contributed by atoms with van der Waals surface area (Å²) in [5, 5.41) is 12.1. The van der Waals surface area contributed by atoms with Gasteiger partial charge in [0.25, 0.3) is 0 Å². The van der Waals surface area contributed by atoms with Crippen LogP contribution in [-0.2, 0) is 26.1 Å². The van der Waals surface area contributed by atoms with E-state index in [4.69, 9.17) is 18.9 Å². The molecule has 4 atom stereocenters. The van der Waals surface area contributed by atoms with Crippen LogP contribution in [0.15, 0.2) is 37.4 Å². The Kier molecular flexibility index (Phi) is 4.97. The second-order valence-corrected chi connectivity index (χ2v) is 8.77. The minimum atomic E-state index is -1.39. The van der Waals surface area contributed by atoms with Crippen LogP contribution in [0.3, 0.4) is 0 Å². The SMILES string of the molecule is C=CCOC(=O)Oc1ccc2c3c1O[C@H]1C(=O)CCC4(O)[C@@H](C2)N(C(=O)OCC=C)CCC314. The zero-order valence-corrected chi connectivity index (χ0v) is 18.1. The molecular formula is C24H25NO8. The van der Waals surface area contributed by atoms with Gasteiger partial charge in [0.05, 0.1) is 17.1 Å². The first-order chi connectivity index (χ1) is 15.9. The van der Waals surface area contributed by atoms with Crippen molar-refractivity contribution in [1.82, 2.24) is 4.90 Å². The van der Waals surface area contributed by atoms with Crippen molar-refractivity contribution in [3.8, 4) is 11.5 Å². The van der Waals surface area contributed by atoms with Crippen LogP contribution in [0.5, 0.6) is 11.5 Å². The maximum Gasteiger partial charge on any atom is 0.514 e. The van der Waals surface area contributed by atoms with Crippen LogP contribution < -0.4 is 9.47 Å². The second-order valence-electron chi connectivity index (χ2n) is 8.77. The molecule has 1 amide bonds. The second kappa shape index (κ2) is 7.62. The van der Waals surface area contributed by atoms with Gasteiger partial charge in [0, 0.05) is 18.5 Å². The van der Waals surface area contributed by atoms with Crippen molar-refractivity contribution < 1.29 is 38.4 Å². The number of hydrogen-bond acceptors (Lipinski definition) is 8. The number of hydrogen-bond donors (Lipinski definition) is 1. The highest BCUT2D eigenvalue weighted by molar-refractivity contribution is 5.90. The first-order valence-corrected chi connectivity index (χ1v) is 10.9. The summed E-state index contributed by atoms with van der Waals surface area (Å²) in [7, 11) is 0. The highest BCUT2D eigenvalue weighted by Crippen LogP contribution is 2.64. The molecule has 0 radical (unpaired) electrons. The highest BCUT2D eigenvalue weighted by Gasteiger charge is 2.73. The van der Waals surface area contributed by atoms with Crippen molar-refractivity contribution in [2.45, 2.75) is 48.8 Å². The molecule has 5 rings (SSSR count). The number of carbonyl (C=O) groups excluding carboxylic acids is 3. The number of Topliss-reactive ketones (excluding diaryl/α,β-unsaturated/α-hetero) is 1. The summed E-state index contributed by atoms with van der Waals surface area (Å²) < 4.78 is 21.7. The van der Waals surface area contributed by atoms with Crippen LogP contribution in [0.2, 0.25) is 0 Å². The molecular weight excluding hydrogens is 430 g/mol. The highest BCUT2D eigenvalue weighted by atomic mass is 16.7. The molecule has 1 aromatic carbocycles. The summed E-state index contributed by atoms with van der Waals surface area (Å²) >= 11 is 0. The fraction of sp³-hybridized carbons (Fsp3) is 0.458. The van der Waals surface area contributed by atoms with Crippen LogP contribution in [0.4, 0.5) is 9.59 Å². The average molecular weight is 455 g/mol. The van der Waals surface area contributed by atoms with Gasteiger partial charge in [0.2, 0.25) is 0 Å². The third kappa shape index (κ3) is 2.84. The molecule has 1 spiro atoms. The molecule has 1 saturated carbocycles. The maximum atomic E-state index is 13.0. The lowest BCUT2D eigenvalue weighted by Crippen LogP contribution is -2.77. The Balaban J connectivity index is 1.59. The van der Waals surface area contributed by atoms with Crippen molar-refractivity contribution in [2.24, 2.45) is 0 Å². The van der Waals surface area contributed by atoms with Crippen LogP contribution >= 0.6 is 0 Å². The molecule has 0 aromatic heterocycles. The topological polar surface area (TPSA) is 112 Å². The van der Waals surface area contributed by atoms with E-state index in [0.29, 0.717) is 24.9 Å².